The van der Waals surface area contributed by atoms with Crippen LogP contribution < -0.4 is 9.47 Å². The molecular weight excluding hydrogens is 396 g/mol. The molecule has 0 atom stereocenters. The molecule has 2 aromatic carbocycles. The predicted octanol–water partition coefficient (Wildman–Crippen LogP) is 3.24. The first kappa shape index (κ1) is 22.1. The van der Waals surface area contributed by atoms with E-state index in [1.807, 2.05) is 25.1 Å². The standard InChI is InChI=1S/C24H24N2O5/c1-3-17-4-7-19(8-5-17)24(28)31-21-9-6-18(15-22(21)29-2)14-20(16-25)23(27)26-10-12-30-13-11-26/h4-9,14-15H,3,10-13H2,1-2H3/b20-14+. The first-order valence-corrected chi connectivity index (χ1v) is 10.0. The SMILES string of the molecule is CCc1ccc(C(=O)Oc2ccc(/C=C(\C#N)C(=O)N3CCOCC3)cc2OC)cc1. The van der Waals surface area contributed by atoms with Crippen LogP contribution in [0, 0.1) is 11.3 Å². The Bertz CT molecular complexity index is 1020. The number of nitrogens with zero attached hydrogens (tertiary/aromatic N) is 2. The van der Waals surface area contributed by atoms with E-state index in [0.717, 1.165) is 12.0 Å². The van der Waals surface area contributed by atoms with Crippen molar-refractivity contribution >= 4 is 18.0 Å². The van der Waals surface area contributed by atoms with Gasteiger partial charge in [-0.2, -0.15) is 5.26 Å². The summed E-state index contributed by atoms with van der Waals surface area (Å²) in [5.74, 6) is -0.258. The van der Waals surface area contributed by atoms with Crippen molar-refractivity contribution in [2.45, 2.75) is 13.3 Å². The number of rotatable bonds is 6. The second kappa shape index (κ2) is 10.4. The zero-order valence-electron chi connectivity index (χ0n) is 17.6. The van der Waals surface area contributed by atoms with Crippen molar-refractivity contribution in [3.05, 3.63) is 64.7 Å². The van der Waals surface area contributed by atoms with Gasteiger partial charge in [-0.05, 0) is 47.9 Å². The Morgan fingerprint density at radius 1 is 1.13 bits per heavy atom. The van der Waals surface area contributed by atoms with Crippen LogP contribution in [0.2, 0.25) is 0 Å². The highest BCUT2D eigenvalue weighted by Gasteiger charge is 2.21. The Labute approximate surface area is 181 Å². The number of esters is 1. The minimum absolute atomic E-state index is 0.0183. The molecule has 31 heavy (non-hydrogen) atoms. The number of amides is 1. The van der Waals surface area contributed by atoms with Crippen molar-refractivity contribution in [2.24, 2.45) is 0 Å². The van der Waals surface area contributed by atoms with Gasteiger partial charge in [0.05, 0.1) is 25.9 Å². The molecule has 0 spiro atoms. The zero-order valence-corrected chi connectivity index (χ0v) is 17.6. The summed E-state index contributed by atoms with van der Waals surface area (Å²) < 4.78 is 16.1. The van der Waals surface area contributed by atoms with Crippen LogP contribution in [0.15, 0.2) is 48.0 Å². The number of benzene rings is 2. The fourth-order valence-electron chi connectivity index (χ4n) is 3.14. The molecule has 0 aliphatic carbocycles. The van der Waals surface area contributed by atoms with Crippen molar-refractivity contribution in [1.82, 2.24) is 4.90 Å². The molecule has 0 saturated carbocycles. The Hall–Kier alpha value is -3.63. The van der Waals surface area contributed by atoms with Gasteiger partial charge in [-0.1, -0.05) is 25.1 Å². The van der Waals surface area contributed by atoms with Gasteiger partial charge in [0.25, 0.3) is 5.91 Å². The molecule has 0 radical (unpaired) electrons. The highest BCUT2D eigenvalue weighted by molar-refractivity contribution is 6.01. The number of nitriles is 1. The summed E-state index contributed by atoms with van der Waals surface area (Å²) in [4.78, 5) is 26.6. The van der Waals surface area contributed by atoms with E-state index in [2.05, 4.69) is 0 Å². The lowest BCUT2D eigenvalue weighted by Gasteiger charge is -2.26. The van der Waals surface area contributed by atoms with Gasteiger partial charge in [0.1, 0.15) is 11.6 Å². The van der Waals surface area contributed by atoms with Crippen LogP contribution >= 0.6 is 0 Å². The molecule has 0 unspecified atom stereocenters. The number of hydrogen-bond donors (Lipinski definition) is 0. The van der Waals surface area contributed by atoms with E-state index >= 15 is 0 Å². The summed E-state index contributed by atoms with van der Waals surface area (Å²) in [5.41, 5.74) is 2.17. The molecule has 1 amide bonds. The van der Waals surface area contributed by atoms with Crippen LogP contribution in [0.1, 0.15) is 28.4 Å². The highest BCUT2D eigenvalue weighted by Crippen LogP contribution is 2.30. The zero-order chi connectivity index (χ0) is 22.2. The summed E-state index contributed by atoms with van der Waals surface area (Å²) in [6.45, 7) is 3.87. The maximum Gasteiger partial charge on any atom is 0.343 e. The monoisotopic (exact) mass is 420 g/mol. The van der Waals surface area contributed by atoms with Crippen molar-refractivity contribution in [1.29, 1.82) is 5.26 Å². The molecule has 0 N–H and O–H groups in total. The number of hydrogen-bond acceptors (Lipinski definition) is 6. The maximum atomic E-state index is 12.6. The summed E-state index contributed by atoms with van der Waals surface area (Å²) >= 11 is 0. The van der Waals surface area contributed by atoms with Gasteiger partial charge in [-0.25, -0.2) is 4.79 Å². The van der Waals surface area contributed by atoms with Crippen LogP contribution in [0.5, 0.6) is 11.5 Å². The third-order valence-electron chi connectivity index (χ3n) is 4.95. The Balaban J connectivity index is 1.78. The molecule has 1 aliphatic rings. The van der Waals surface area contributed by atoms with Gasteiger partial charge in [0.15, 0.2) is 11.5 Å². The lowest BCUT2D eigenvalue weighted by molar-refractivity contribution is -0.130. The molecule has 160 valence electrons. The minimum Gasteiger partial charge on any atom is -0.493 e. The predicted molar refractivity (Wildman–Crippen MR) is 115 cm³/mol. The molecule has 1 aliphatic heterocycles. The maximum absolute atomic E-state index is 12.6. The Kier molecular flexibility index (Phi) is 7.41. The number of methoxy groups -OCH3 is 1. The number of morpholine rings is 1. The van der Waals surface area contributed by atoms with Crippen molar-refractivity contribution in [3.63, 3.8) is 0 Å². The van der Waals surface area contributed by atoms with E-state index < -0.39 is 5.97 Å². The topological polar surface area (TPSA) is 88.9 Å². The van der Waals surface area contributed by atoms with Gasteiger partial charge >= 0.3 is 5.97 Å². The average molecular weight is 420 g/mol. The number of ether oxygens (including phenoxy) is 3. The minimum atomic E-state index is -0.496. The van der Waals surface area contributed by atoms with E-state index in [4.69, 9.17) is 14.2 Å². The van der Waals surface area contributed by atoms with E-state index in [9.17, 15) is 14.9 Å². The van der Waals surface area contributed by atoms with E-state index in [1.165, 1.54) is 13.2 Å². The van der Waals surface area contributed by atoms with Crippen LogP contribution in [-0.2, 0) is 16.0 Å². The molecule has 3 rings (SSSR count). The van der Waals surface area contributed by atoms with E-state index in [-0.39, 0.29) is 17.2 Å². The van der Waals surface area contributed by atoms with Gasteiger partial charge in [-0.15, -0.1) is 0 Å². The summed E-state index contributed by atoms with van der Waals surface area (Å²) in [6.07, 6.45) is 2.38. The van der Waals surface area contributed by atoms with E-state index in [0.29, 0.717) is 43.2 Å². The lowest BCUT2D eigenvalue weighted by Crippen LogP contribution is -2.41. The molecular formula is C24H24N2O5. The van der Waals surface area contributed by atoms with Crippen LogP contribution in [-0.4, -0.2) is 50.2 Å². The van der Waals surface area contributed by atoms with Crippen LogP contribution in [0.25, 0.3) is 6.08 Å². The Morgan fingerprint density at radius 2 is 1.84 bits per heavy atom. The van der Waals surface area contributed by atoms with Gasteiger partial charge in [-0.3, -0.25) is 4.79 Å². The first-order chi connectivity index (χ1) is 15.0. The summed E-state index contributed by atoms with van der Waals surface area (Å²) in [6, 6.07) is 14.0. The summed E-state index contributed by atoms with van der Waals surface area (Å²) in [5, 5.41) is 9.45. The molecule has 1 fully saturated rings. The van der Waals surface area contributed by atoms with Gasteiger partial charge in [0, 0.05) is 13.1 Å². The molecule has 0 aromatic heterocycles. The molecule has 7 heteroatoms. The van der Waals surface area contributed by atoms with Crippen molar-refractivity contribution < 1.29 is 23.8 Å². The molecule has 2 aromatic rings. The number of carbonyl (C=O) groups excluding carboxylic acids is 2. The normalized spacial score (nSPS) is 14.0. The fourth-order valence-corrected chi connectivity index (χ4v) is 3.14. The third-order valence-corrected chi connectivity index (χ3v) is 4.95. The van der Waals surface area contributed by atoms with Gasteiger partial charge in [0.2, 0.25) is 0 Å². The molecule has 1 heterocycles. The van der Waals surface area contributed by atoms with Gasteiger partial charge < -0.3 is 19.1 Å². The van der Waals surface area contributed by atoms with Crippen molar-refractivity contribution in [2.75, 3.05) is 33.4 Å². The highest BCUT2D eigenvalue weighted by atomic mass is 16.6. The van der Waals surface area contributed by atoms with E-state index in [1.54, 1.807) is 35.2 Å². The number of aryl methyl sites for hydroxylation is 1. The second-order valence-corrected chi connectivity index (χ2v) is 6.92. The molecule has 0 bridgehead atoms. The van der Waals surface area contributed by atoms with Crippen molar-refractivity contribution in [3.8, 4) is 17.6 Å². The quantitative estimate of drug-likeness (QED) is 0.309. The Morgan fingerprint density at radius 3 is 2.45 bits per heavy atom. The molecule has 7 nitrogen and oxygen atoms in total. The second-order valence-electron chi connectivity index (χ2n) is 6.92. The van der Waals surface area contributed by atoms with Crippen LogP contribution in [0.3, 0.4) is 0 Å². The summed E-state index contributed by atoms with van der Waals surface area (Å²) in [7, 11) is 1.46. The van der Waals surface area contributed by atoms with Crippen LogP contribution in [0.4, 0.5) is 0 Å². The molecule has 1 saturated heterocycles. The number of carbonyl (C=O) groups is 2. The fraction of sp³-hybridized carbons (Fsp3) is 0.292. The largest absolute Gasteiger partial charge is 0.493 e. The lowest BCUT2D eigenvalue weighted by atomic mass is 10.1. The first-order valence-electron chi connectivity index (χ1n) is 10.0. The average Bonchev–Trinajstić information content (AvgIpc) is 2.83. The smallest absolute Gasteiger partial charge is 0.343 e. The third kappa shape index (κ3) is 5.50.